The van der Waals surface area contributed by atoms with E-state index >= 15 is 0 Å². The summed E-state index contributed by atoms with van der Waals surface area (Å²) >= 11 is 3.44. The molecule has 0 saturated heterocycles. The van der Waals surface area contributed by atoms with Gasteiger partial charge in [0.2, 0.25) is 0 Å². The zero-order chi connectivity index (χ0) is 11.1. The van der Waals surface area contributed by atoms with E-state index in [1.165, 1.54) is 0 Å². The molecule has 1 aromatic heterocycles. The SMILES string of the molecule is CC(=O)c1c(N)sc(Br)c1C(F)(F)F. The first-order chi connectivity index (χ1) is 6.25. The predicted octanol–water partition coefficient (Wildman–Crippen LogP) is 3.31. The Morgan fingerprint density at radius 1 is 1.50 bits per heavy atom. The first-order valence-corrected chi connectivity index (χ1v) is 5.02. The van der Waals surface area contributed by atoms with E-state index in [1.807, 2.05) is 0 Å². The van der Waals surface area contributed by atoms with Gasteiger partial charge in [-0.15, -0.1) is 11.3 Å². The molecule has 14 heavy (non-hydrogen) atoms. The fourth-order valence-electron chi connectivity index (χ4n) is 1.02. The molecule has 0 spiro atoms. The number of carbonyl (C=O) groups is 1. The van der Waals surface area contributed by atoms with Crippen LogP contribution in [0.25, 0.3) is 0 Å². The highest BCUT2D eigenvalue weighted by Crippen LogP contribution is 2.44. The third kappa shape index (κ3) is 1.93. The van der Waals surface area contributed by atoms with Crippen LogP contribution in [0.15, 0.2) is 3.79 Å². The molecular weight excluding hydrogens is 283 g/mol. The van der Waals surface area contributed by atoms with Gasteiger partial charge in [0.1, 0.15) is 0 Å². The van der Waals surface area contributed by atoms with Gasteiger partial charge in [-0.05, 0) is 22.9 Å². The number of ketones is 1. The summed E-state index contributed by atoms with van der Waals surface area (Å²) in [4.78, 5) is 11.0. The summed E-state index contributed by atoms with van der Waals surface area (Å²) in [7, 11) is 0. The van der Waals surface area contributed by atoms with E-state index in [1.54, 1.807) is 0 Å². The maximum atomic E-state index is 12.5. The van der Waals surface area contributed by atoms with Crippen LogP contribution in [-0.2, 0) is 6.18 Å². The summed E-state index contributed by atoms with van der Waals surface area (Å²) in [6.45, 7) is 1.06. The summed E-state index contributed by atoms with van der Waals surface area (Å²) in [5.74, 6) is -0.684. The first kappa shape index (κ1) is 11.5. The number of carbonyl (C=O) groups excluding carboxylic acids is 1. The van der Waals surface area contributed by atoms with Crippen LogP contribution >= 0.6 is 27.3 Å². The normalized spacial score (nSPS) is 11.8. The molecule has 0 aliphatic rings. The molecular formula is C7H5BrF3NOS. The van der Waals surface area contributed by atoms with Crippen LogP contribution in [-0.4, -0.2) is 5.78 Å². The molecule has 7 heteroatoms. The zero-order valence-electron chi connectivity index (χ0n) is 6.91. The minimum Gasteiger partial charge on any atom is -0.390 e. The van der Waals surface area contributed by atoms with Crippen LogP contribution in [0.5, 0.6) is 0 Å². The fourth-order valence-corrected chi connectivity index (χ4v) is 2.83. The topological polar surface area (TPSA) is 43.1 Å². The van der Waals surface area contributed by atoms with Crippen molar-refractivity contribution in [2.75, 3.05) is 5.73 Å². The van der Waals surface area contributed by atoms with Crippen LogP contribution in [0.2, 0.25) is 0 Å². The number of thiophene rings is 1. The molecule has 1 aromatic rings. The summed E-state index contributed by atoms with van der Waals surface area (Å²) in [5.41, 5.74) is 3.88. The molecule has 0 unspecified atom stereocenters. The Hall–Kier alpha value is -0.560. The van der Waals surface area contributed by atoms with E-state index in [9.17, 15) is 18.0 Å². The number of anilines is 1. The van der Waals surface area contributed by atoms with E-state index in [4.69, 9.17) is 5.73 Å². The predicted molar refractivity (Wildman–Crippen MR) is 51.4 cm³/mol. The van der Waals surface area contributed by atoms with E-state index in [0.29, 0.717) is 11.3 Å². The molecule has 0 aliphatic heterocycles. The molecule has 0 bridgehead atoms. The smallest absolute Gasteiger partial charge is 0.390 e. The monoisotopic (exact) mass is 287 g/mol. The van der Waals surface area contributed by atoms with E-state index in [-0.39, 0.29) is 8.79 Å². The van der Waals surface area contributed by atoms with Crippen molar-refractivity contribution in [2.45, 2.75) is 13.1 Å². The van der Waals surface area contributed by atoms with Crippen molar-refractivity contribution in [1.29, 1.82) is 0 Å². The average Bonchev–Trinajstić information content (AvgIpc) is 2.23. The Balaban J connectivity index is 3.48. The largest absolute Gasteiger partial charge is 0.419 e. The first-order valence-electron chi connectivity index (χ1n) is 3.41. The van der Waals surface area contributed by atoms with Crippen molar-refractivity contribution < 1.29 is 18.0 Å². The van der Waals surface area contributed by atoms with Gasteiger partial charge in [0.05, 0.1) is 19.9 Å². The molecule has 0 aliphatic carbocycles. The van der Waals surface area contributed by atoms with Crippen LogP contribution < -0.4 is 5.73 Å². The molecule has 0 radical (unpaired) electrons. The molecule has 1 heterocycles. The number of hydrogen-bond donors (Lipinski definition) is 1. The lowest BCUT2D eigenvalue weighted by Gasteiger charge is -2.07. The van der Waals surface area contributed by atoms with E-state index < -0.39 is 23.1 Å². The van der Waals surface area contributed by atoms with Gasteiger partial charge in [-0.25, -0.2) is 0 Å². The van der Waals surface area contributed by atoms with Crippen molar-refractivity contribution in [2.24, 2.45) is 0 Å². The Labute approximate surface area is 90.0 Å². The van der Waals surface area contributed by atoms with Gasteiger partial charge in [0.25, 0.3) is 0 Å². The van der Waals surface area contributed by atoms with Gasteiger partial charge in [-0.2, -0.15) is 13.2 Å². The third-order valence-corrected chi connectivity index (χ3v) is 3.22. The number of nitrogen functional groups attached to an aromatic ring is 1. The standard InChI is InChI=1S/C7H5BrF3NOS/c1-2(13)3-4(7(9,10)11)5(8)14-6(3)12/h12H2,1H3. The van der Waals surface area contributed by atoms with Crippen molar-refractivity contribution in [1.82, 2.24) is 0 Å². The van der Waals surface area contributed by atoms with Crippen molar-refractivity contribution in [3.63, 3.8) is 0 Å². The molecule has 0 atom stereocenters. The maximum Gasteiger partial charge on any atom is 0.419 e. The number of rotatable bonds is 1. The van der Waals surface area contributed by atoms with Gasteiger partial charge in [-0.3, -0.25) is 4.79 Å². The minimum absolute atomic E-state index is 0.114. The lowest BCUT2D eigenvalue weighted by Crippen LogP contribution is -2.10. The maximum absolute atomic E-state index is 12.5. The van der Waals surface area contributed by atoms with Crippen molar-refractivity contribution >= 4 is 38.1 Å². The molecule has 78 valence electrons. The summed E-state index contributed by atoms with van der Waals surface area (Å²) in [5, 5.41) is -0.114. The average molecular weight is 288 g/mol. The van der Waals surface area contributed by atoms with E-state index in [2.05, 4.69) is 15.9 Å². The lowest BCUT2D eigenvalue weighted by molar-refractivity contribution is -0.138. The zero-order valence-corrected chi connectivity index (χ0v) is 9.31. The Bertz CT molecular complexity index is 385. The molecule has 2 nitrogen and oxygen atoms in total. The highest BCUT2D eigenvalue weighted by atomic mass is 79.9. The van der Waals surface area contributed by atoms with Crippen LogP contribution in [0.1, 0.15) is 22.8 Å². The molecule has 0 aromatic carbocycles. The Morgan fingerprint density at radius 3 is 2.29 bits per heavy atom. The van der Waals surface area contributed by atoms with Crippen molar-refractivity contribution in [3.8, 4) is 0 Å². The van der Waals surface area contributed by atoms with Gasteiger partial charge >= 0.3 is 6.18 Å². The summed E-state index contributed by atoms with van der Waals surface area (Å²) in [6.07, 6.45) is -4.56. The molecule has 0 saturated carbocycles. The molecule has 0 amide bonds. The second kappa shape index (κ2) is 3.54. The summed E-state index contributed by atoms with van der Waals surface area (Å²) < 4.78 is 37.2. The van der Waals surface area contributed by atoms with Gasteiger partial charge in [0.15, 0.2) is 5.78 Å². The van der Waals surface area contributed by atoms with Gasteiger partial charge < -0.3 is 5.73 Å². The van der Waals surface area contributed by atoms with Crippen LogP contribution in [0, 0.1) is 0 Å². The van der Waals surface area contributed by atoms with Crippen molar-refractivity contribution in [3.05, 3.63) is 14.9 Å². The highest BCUT2D eigenvalue weighted by molar-refractivity contribution is 9.11. The minimum atomic E-state index is -4.56. The Morgan fingerprint density at radius 2 is 2.00 bits per heavy atom. The van der Waals surface area contributed by atoms with Crippen LogP contribution in [0.3, 0.4) is 0 Å². The van der Waals surface area contributed by atoms with Gasteiger partial charge in [-0.1, -0.05) is 0 Å². The highest BCUT2D eigenvalue weighted by Gasteiger charge is 2.39. The van der Waals surface area contributed by atoms with E-state index in [0.717, 1.165) is 6.92 Å². The van der Waals surface area contributed by atoms with Crippen LogP contribution in [0.4, 0.5) is 18.2 Å². The molecule has 2 N–H and O–H groups in total. The molecule has 1 rings (SSSR count). The number of hydrogen-bond acceptors (Lipinski definition) is 3. The fraction of sp³-hybridized carbons (Fsp3) is 0.286. The number of alkyl halides is 3. The second-order valence-corrected chi connectivity index (χ2v) is 4.91. The summed E-state index contributed by atoms with van der Waals surface area (Å²) in [6, 6.07) is 0. The lowest BCUT2D eigenvalue weighted by atomic mass is 10.1. The number of halogens is 4. The Kier molecular flexibility index (Phi) is 2.91. The number of nitrogens with two attached hydrogens (primary N) is 1. The second-order valence-electron chi connectivity index (χ2n) is 2.54. The quantitative estimate of drug-likeness (QED) is 0.806. The third-order valence-electron chi connectivity index (χ3n) is 1.53. The number of Topliss-reactive ketones (excluding diaryl/α,β-unsaturated/α-hetero) is 1. The molecule has 0 fully saturated rings. The van der Waals surface area contributed by atoms with Gasteiger partial charge in [0, 0.05) is 0 Å².